The highest BCUT2D eigenvalue weighted by Crippen LogP contribution is 2.20. The molecule has 56 valence electrons. The lowest BCUT2D eigenvalue weighted by molar-refractivity contribution is -0.119. The molecule has 3 heteroatoms. The van der Waals surface area contributed by atoms with Gasteiger partial charge in [0.2, 0.25) is 5.91 Å². The maximum atomic E-state index is 10.7. The monoisotopic (exact) mass is 140 g/mol. The standard InChI is InChI=1S/C7H12N2O/c10-7-3-6(4-8-7)9-5-1-2-5/h5-6,9H,1-4H2,(H,8,10). The summed E-state index contributed by atoms with van der Waals surface area (Å²) in [6.45, 7) is 0.829. The highest BCUT2D eigenvalue weighted by Gasteiger charge is 2.28. The molecule has 1 unspecified atom stereocenters. The van der Waals surface area contributed by atoms with E-state index in [1.165, 1.54) is 12.8 Å². The number of nitrogens with one attached hydrogen (secondary N) is 2. The predicted molar refractivity (Wildman–Crippen MR) is 37.6 cm³/mol. The van der Waals surface area contributed by atoms with Gasteiger partial charge in [-0.2, -0.15) is 0 Å². The zero-order valence-corrected chi connectivity index (χ0v) is 5.89. The third-order valence-electron chi connectivity index (χ3n) is 2.03. The second kappa shape index (κ2) is 2.23. The molecule has 2 aliphatic rings. The van der Waals surface area contributed by atoms with Gasteiger partial charge >= 0.3 is 0 Å². The molecular weight excluding hydrogens is 128 g/mol. The summed E-state index contributed by atoms with van der Waals surface area (Å²) in [7, 11) is 0. The van der Waals surface area contributed by atoms with E-state index in [-0.39, 0.29) is 5.91 Å². The van der Waals surface area contributed by atoms with E-state index < -0.39 is 0 Å². The van der Waals surface area contributed by atoms with E-state index in [2.05, 4.69) is 10.6 Å². The molecule has 3 nitrogen and oxygen atoms in total. The number of carbonyl (C=O) groups is 1. The van der Waals surface area contributed by atoms with Crippen LogP contribution in [0.2, 0.25) is 0 Å². The molecule has 1 saturated carbocycles. The van der Waals surface area contributed by atoms with Gasteiger partial charge in [-0.25, -0.2) is 0 Å². The van der Waals surface area contributed by atoms with Gasteiger partial charge in [-0.1, -0.05) is 0 Å². The Morgan fingerprint density at radius 3 is 2.70 bits per heavy atom. The van der Waals surface area contributed by atoms with Crippen LogP contribution in [0.1, 0.15) is 19.3 Å². The summed E-state index contributed by atoms with van der Waals surface area (Å²) in [5.41, 5.74) is 0. The molecule has 2 N–H and O–H groups in total. The normalized spacial score (nSPS) is 32.4. The minimum absolute atomic E-state index is 0.193. The second-order valence-electron chi connectivity index (χ2n) is 3.15. The van der Waals surface area contributed by atoms with Gasteiger partial charge in [0.05, 0.1) is 0 Å². The lowest BCUT2D eigenvalue weighted by atomic mass is 10.2. The molecular formula is C7H12N2O. The van der Waals surface area contributed by atoms with Crippen LogP contribution in [0.3, 0.4) is 0 Å². The smallest absolute Gasteiger partial charge is 0.221 e. The summed E-state index contributed by atoms with van der Waals surface area (Å²) in [6, 6.07) is 1.14. The molecule has 0 aromatic carbocycles. The van der Waals surface area contributed by atoms with E-state index in [4.69, 9.17) is 0 Å². The number of rotatable bonds is 2. The van der Waals surface area contributed by atoms with Gasteiger partial charge in [-0.05, 0) is 12.8 Å². The van der Waals surface area contributed by atoms with E-state index in [9.17, 15) is 4.79 Å². The molecule has 0 aromatic heterocycles. The molecule has 10 heavy (non-hydrogen) atoms. The fraction of sp³-hybridized carbons (Fsp3) is 0.857. The van der Waals surface area contributed by atoms with Gasteiger partial charge in [0.25, 0.3) is 0 Å². The molecule has 0 spiro atoms. The molecule has 2 rings (SSSR count). The Kier molecular flexibility index (Phi) is 1.38. The van der Waals surface area contributed by atoms with Crippen molar-refractivity contribution in [2.24, 2.45) is 0 Å². The van der Waals surface area contributed by atoms with Crippen molar-refractivity contribution in [3.63, 3.8) is 0 Å². The molecule has 0 aromatic rings. The van der Waals surface area contributed by atoms with Gasteiger partial charge in [-0.3, -0.25) is 4.79 Å². The van der Waals surface area contributed by atoms with Gasteiger partial charge < -0.3 is 10.6 Å². The molecule has 1 heterocycles. The predicted octanol–water partition coefficient (Wildman–Crippen LogP) is -0.373. The van der Waals surface area contributed by atoms with E-state index in [1.807, 2.05) is 0 Å². The average Bonchev–Trinajstić information content (AvgIpc) is 2.59. The molecule has 1 aliphatic heterocycles. The topological polar surface area (TPSA) is 41.1 Å². The SMILES string of the molecule is O=C1CC(NC2CC2)CN1. The third-order valence-corrected chi connectivity index (χ3v) is 2.03. The summed E-state index contributed by atoms with van der Waals surface area (Å²) < 4.78 is 0. The molecule has 0 radical (unpaired) electrons. The zero-order chi connectivity index (χ0) is 6.97. The molecule has 1 atom stereocenters. The largest absolute Gasteiger partial charge is 0.354 e. The van der Waals surface area contributed by atoms with Crippen LogP contribution < -0.4 is 10.6 Å². The van der Waals surface area contributed by atoms with Gasteiger partial charge in [-0.15, -0.1) is 0 Å². The van der Waals surface area contributed by atoms with E-state index in [0.29, 0.717) is 12.5 Å². The van der Waals surface area contributed by atoms with Crippen molar-refractivity contribution < 1.29 is 4.79 Å². The lowest BCUT2D eigenvalue weighted by Crippen LogP contribution is -2.32. The zero-order valence-electron chi connectivity index (χ0n) is 5.89. The Balaban J connectivity index is 1.77. The first-order chi connectivity index (χ1) is 4.84. The first-order valence-corrected chi connectivity index (χ1v) is 3.87. The van der Waals surface area contributed by atoms with Crippen molar-refractivity contribution >= 4 is 5.91 Å². The highest BCUT2D eigenvalue weighted by molar-refractivity contribution is 5.78. The molecule has 1 aliphatic carbocycles. The fourth-order valence-electron chi connectivity index (χ4n) is 1.31. The van der Waals surface area contributed by atoms with Crippen LogP contribution in [0.25, 0.3) is 0 Å². The Morgan fingerprint density at radius 2 is 2.20 bits per heavy atom. The van der Waals surface area contributed by atoms with Crippen LogP contribution in [0.15, 0.2) is 0 Å². The van der Waals surface area contributed by atoms with Gasteiger partial charge in [0.1, 0.15) is 0 Å². The van der Waals surface area contributed by atoms with Crippen molar-refractivity contribution in [2.75, 3.05) is 6.54 Å². The number of hydrogen-bond acceptors (Lipinski definition) is 2. The summed E-state index contributed by atoms with van der Waals surface area (Å²) in [5.74, 6) is 0.193. The number of hydrogen-bond donors (Lipinski definition) is 2. The Hall–Kier alpha value is -0.570. The van der Waals surface area contributed by atoms with Crippen LogP contribution in [-0.2, 0) is 4.79 Å². The summed E-state index contributed by atoms with van der Waals surface area (Å²) in [6.07, 6.45) is 3.27. The minimum Gasteiger partial charge on any atom is -0.354 e. The first-order valence-electron chi connectivity index (χ1n) is 3.87. The maximum absolute atomic E-state index is 10.7. The summed E-state index contributed by atoms with van der Waals surface area (Å²) >= 11 is 0. The summed E-state index contributed by atoms with van der Waals surface area (Å²) in [5, 5.41) is 6.20. The third kappa shape index (κ3) is 1.29. The highest BCUT2D eigenvalue weighted by atomic mass is 16.1. The van der Waals surface area contributed by atoms with Crippen molar-refractivity contribution in [1.29, 1.82) is 0 Å². The van der Waals surface area contributed by atoms with Crippen molar-refractivity contribution in [2.45, 2.75) is 31.3 Å². The van der Waals surface area contributed by atoms with Crippen molar-refractivity contribution in [3.8, 4) is 0 Å². The van der Waals surface area contributed by atoms with Crippen LogP contribution in [0, 0.1) is 0 Å². The minimum atomic E-state index is 0.193. The fourth-order valence-corrected chi connectivity index (χ4v) is 1.31. The molecule has 1 amide bonds. The van der Waals surface area contributed by atoms with Crippen LogP contribution in [-0.4, -0.2) is 24.5 Å². The van der Waals surface area contributed by atoms with E-state index >= 15 is 0 Å². The van der Waals surface area contributed by atoms with Gasteiger partial charge in [0.15, 0.2) is 0 Å². The molecule has 0 bridgehead atoms. The Labute approximate surface area is 60.2 Å². The number of carbonyl (C=O) groups excluding carboxylic acids is 1. The average molecular weight is 140 g/mol. The molecule has 1 saturated heterocycles. The number of amides is 1. The van der Waals surface area contributed by atoms with E-state index in [0.717, 1.165) is 12.6 Å². The van der Waals surface area contributed by atoms with Crippen molar-refractivity contribution in [3.05, 3.63) is 0 Å². The second-order valence-corrected chi connectivity index (χ2v) is 3.15. The van der Waals surface area contributed by atoms with Crippen LogP contribution >= 0.6 is 0 Å². The maximum Gasteiger partial charge on any atom is 0.221 e. The first kappa shape index (κ1) is 6.16. The van der Waals surface area contributed by atoms with E-state index in [1.54, 1.807) is 0 Å². The molecule has 2 fully saturated rings. The quantitative estimate of drug-likeness (QED) is 0.549. The van der Waals surface area contributed by atoms with Gasteiger partial charge in [0, 0.05) is 25.0 Å². The lowest BCUT2D eigenvalue weighted by Gasteiger charge is -2.06. The van der Waals surface area contributed by atoms with Crippen molar-refractivity contribution in [1.82, 2.24) is 10.6 Å². The summed E-state index contributed by atoms with van der Waals surface area (Å²) in [4.78, 5) is 10.7. The Bertz CT molecular complexity index is 154. The van der Waals surface area contributed by atoms with Crippen LogP contribution in [0.5, 0.6) is 0 Å². The van der Waals surface area contributed by atoms with Crippen LogP contribution in [0.4, 0.5) is 0 Å². The Morgan fingerprint density at radius 1 is 1.40 bits per heavy atom.